The van der Waals surface area contributed by atoms with Gasteiger partial charge in [0, 0.05) is 6.92 Å². The van der Waals surface area contributed by atoms with Crippen molar-refractivity contribution in [3.05, 3.63) is 0 Å². The normalized spacial score (nSPS) is 11.5. The number of hydrogen-bond acceptors (Lipinski definition) is 5. The van der Waals surface area contributed by atoms with Crippen molar-refractivity contribution in [2.45, 2.75) is 26.4 Å². The average Bonchev–Trinajstić information content (AvgIpc) is 2.08. The molecule has 6 nitrogen and oxygen atoms in total. The molecule has 0 unspecified atom stereocenters. The van der Waals surface area contributed by atoms with E-state index in [1.54, 1.807) is 0 Å². The fourth-order valence-corrected chi connectivity index (χ4v) is 1.30. The predicted octanol–water partition coefficient (Wildman–Crippen LogP) is -0.799. The van der Waals surface area contributed by atoms with Crippen molar-refractivity contribution < 1.29 is 22.5 Å². The zero-order valence-electron chi connectivity index (χ0n) is 9.40. The van der Waals surface area contributed by atoms with Gasteiger partial charge >= 0.3 is 10.1 Å². The van der Waals surface area contributed by atoms with E-state index in [1.807, 2.05) is 5.25 Å². The molecule has 0 aliphatic carbocycles. The fraction of sp³-hybridized carbons (Fsp3) is 0.667. The molecule has 0 aromatic heterocycles. The summed E-state index contributed by atoms with van der Waals surface area (Å²) in [5, 5.41) is 13.4. The van der Waals surface area contributed by atoms with Crippen molar-refractivity contribution in [3.8, 4) is 11.2 Å². The van der Waals surface area contributed by atoms with Gasteiger partial charge in [0.25, 0.3) is 0 Å². The first kappa shape index (κ1) is 14.9. The first-order valence-corrected chi connectivity index (χ1v) is 5.89. The molecule has 0 saturated heterocycles. The van der Waals surface area contributed by atoms with Crippen molar-refractivity contribution >= 4 is 16.0 Å². The monoisotopic (exact) mass is 249 g/mol. The van der Waals surface area contributed by atoms with Gasteiger partial charge in [-0.25, -0.2) is 0 Å². The van der Waals surface area contributed by atoms with Gasteiger partial charge in [-0.1, -0.05) is 5.92 Å². The lowest BCUT2D eigenvalue weighted by Gasteiger charge is -2.14. The highest BCUT2D eigenvalue weighted by atomic mass is 32.2. The molecule has 0 saturated carbocycles. The molecule has 0 bridgehead atoms. The molecule has 0 spiro atoms. The Balaban J connectivity index is 4.20. The van der Waals surface area contributed by atoms with Crippen LogP contribution in [0.25, 0.3) is 0 Å². The molecule has 0 aromatic rings. The Labute approximate surface area is 95.1 Å². The lowest BCUT2D eigenvalue weighted by Crippen LogP contribution is -2.27. The number of amides is 1. The highest BCUT2D eigenvalue weighted by Gasteiger charge is 2.17. The molecular formula is C9H15NO5S. The van der Waals surface area contributed by atoms with Crippen molar-refractivity contribution in [2.24, 2.45) is 0 Å². The minimum Gasteiger partial charge on any atom is -0.388 e. The zero-order chi connectivity index (χ0) is 12.8. The second kappa shape index (κ2) is 5.84. The molecule has 0 aromatic carbocycles. The summed E-state index contributed by atoms with van der Waals surface area (Å²) in [5.74, 6) is 1.91. The third-order valence-corrected chi connectivity index (χ3v) is 2.01. The van der Waals surface area contributed by atoms with Crippen molar-refractivity contribution in [2.75, 3.05) is 13.2 Å². The second-order valence-electron chi connectivity index (χ2n) is 3.72. The van der Waals surface area contributed by atoms with Crippen LogP contribution in [0.2, 0.25) is 0 Å². The van der Waals surface area contributed by atoms with Crippen LogP contribution in [0.15, 0.2) is 0 Å². The SMILES string of the molecule is CC(=O)NCC#CS(=O)(=O)OCC(C)(C)O. The van der Waals surface area contributed by atoms with E-state index in [0.717, 1.165) is 0 Å². The largest absolute Gasteiger partial charge is 0.388 e. The molecule has 0 aliphatic rings. The van der Waals surface area contributed by atoms with Crippen molar-refractivity contribution in [1.29, 1.82) is 0 Å². The Morgan fingerprint density at radius 3 is 2.50 bits per heavy atom. The average molecular weight is 249 g/mol. The summed E-state index contributed by atoms with van der Waals surface area (Å²) < 4.78 is 26.6. The summed E-state index contributed by atoms with van der Waals surface area (Å²) in [6, 6.07) is 0. The summed E-state index contributed by atoms with van der Waals surface area (Å²) >= 11 is 0. The molecule has 2 N–H and O–H groups in total. The van der Waals surface area contributed by atoms with E-state index in [0.29, 0.717) is 0 Å². The van der Waals surface area contributed by atoms with E-state index >= 15 is 0 Å². The summed E-state index contributed by atoms with van der Waals surface area (Å²) in [6.45, 7) is 3.67. The van der Waals surface area contributed by atoms with Crippen LogP contribution in [0, 0.1) is 11.2 Å². The van der Waals surface area contributed by atoms with Crippen LogP contribution in [-0.4, -0.2) is 38.2 Å². The van der Waals surface area contributed by atoms with Crippen LogP contribution in [0.3, 0.4) is 0 Å². The summed E-state index contributed by atoms with van der Waals surface area (Å²) in [7, 11) is -3.99. The first-order valence-electron chi connectivity index (χ1n) is 4.48. The molecule has 0 fully saturated rings. The lowest BCUT2D eigenvalue weighted by atomic mass is 10.2. The van der Waals surface area contributed by atoms with Crippen LogP contribution in [0.4, 0.5) is 0 Å². The van der Waals surface area contributed by atoms with Crippen LogP contribution in [0.5, 0.6) is 0 Å². The zero-order valence-corrected chi connectivity index (χ0v) is 10.2. The van der Waals surface area contributed by atoms with Gasteiger partial charge in [0.05, 0.1) is 24.0 Å². The lowest BCUT2D eigenvalue weighted by molar-refractivity contribution is -0.118. The number of carbonyl (C=O) groups is 1. The van der Waals surface area contributed by atoms with Gasteiger partial charge in [-0.05, 0) is 13.8 Å². The van der Waals surface area contributed by atoms with Gasteiger partial charge < -0.3 is 10.4 Å². The molecule has 0 aliphatic heterocycles. The topological polar surface area (TPSA) is 92.7 Å². The maximum atomic E-state index is 11.1. The van der Waals surface area contributed by atoms with Gasteiger partial charge in [-0.15, -0.1) is 0 Å². The van der Waals surface area contributed by atoms with Gasteiger partial charge in [-0.2, -0.15) is 8.42 Å². The Morgan fingerprint density at radius 1 is 1.50 bits per heavy atom. The Bertz CT molecular complexity index is 396. The molecule has 16 heavy (non-hydrogen) atoms. The van der Waals surface area contributed by atoms with E-state index < -0.39 is 15.7 Å². The van der Waals surface area contributed by atoms with Crippen LogP contribution < -0.4 is 5.32 Å². The third kappa shape index (κ3) is 9.45. The molecule has 0 heterocycles. The van der Waals surface area contributed by atoms with Gasteiger partial charge in [-0.3, -0.25) is 8.98 Å². The predicted molar refractivity (Wildman–Crippen MR) is 57.6 cm³/mol. The quantitative estimate of drug-likeness (QED) is 0.502. The van der Waals surface area contributed by atoms with E-state index in [-0.39, 0.29) is 19.1 Å². The molecule has 92 valence electrons. The third-order valence-electron chi connectivity index (χ3n) is 1.19. The fourth-order valence-electron chi connectivity index (χ4n) is 0.544. The maximum absolute atomic E-state index is 11.1. The Hall–Kier alpha value is -1.10. The highest BCUT2D eigenvalue weighted by Crippen LogP contribution is 2.03. The number of hydrogen-bond donors (Lipinski definition) is 2. The molecule has 0 rings (SSSR count). The van der Waals surface area contributed by atoms with Crippen LogP contribution in [0.1, 0.15) is 20.8 Å². The van der Waals surface area contributed by atoms with E-state index in [1.165, 1.54) is 20.8 Å². The molecule has 7 heteroatoms. The minimum absolute atomic E-state index is 0.0690. The minimum atomic E-state index is -3.99. The molecule has 1 amide bonds. The smallest absolute Gasteiger partial charge is 0.337 e. The number of aliphatic hydroxyl groups is 1. The highest BCUT2D eigenvalue weighted by molar-refractivity contribution is 7.91. The van der Waals surface area contributed by atoms with Crippen LogP contribution in [-0.2, 0) is 19.1 Å². The molecular weight excluding hydrogens is 234 g/mol. The van der Waals surface area contributed by atoms with E-state index in [9.17, 15) is 18.3 Å². The number of carbonyl (C=O) groups excluding carboxylic acids is 1. The van der Waals surface area contributed by atoms with Crippen molar-refractivity contribution in [1.82, 2.24) is 5.32 Å². The van der Waals surface area contributed by atoms with Crippen molar-refractivity contribution in [3.63, 3.8) is 0 Å². The molecule has 0 radical (unpaired) electrons. The summed E-state index contributed by atoms with van der Waals surface area (Å²) in [4.78, 5) is 10.4. The van der Waals surface area contributed by atoms with Gasteiger partial charge in [0.1, 0.15) is 0 Å². The second-order valence-corrected chi connectivity index (χ2v) is 5.07. The number of rotatable bonds is 4. The summed E-state index contributed by atoms with van der Waals surface area (Å²) in [5.41, 5.74) is -1.24. The van der Waals surface area contributed by atoms with Gasteiger partial charge in [0.15, 0.2) is 0 Å². The number of nitrogens with one attached hydrogen (secondary N) is 1. The Morgan fingerprint density at radius 2 is 2.06 bits per heavy atom. The summed E-state index contributed by atoms with van der Waals surface area (Å²) in [6.07, 6.45) is 0. The van der Waals surface area contributed by atoms with Gasteiger partial charge in [0.2, 0.25) is 5.91 Å². The first-order chi connectivity index (χ1) is 7.12. The standard InChI is InChI=1S/C9H15NO5S/c1-8(11)10-5-4-6-16(13,14)15-7-9(2,3)12/h12H,5,7H2,1-3H3,(H,10,11). The Kier molecular flexibility index (Phi) is 5.44. The maximum Gasteiger partial charge on any atom is 0.337 e. The van der Waals surface area contributed by atoms with E-state index in [4.69, 9.17) is 0 Å². The van der Waals surface area contributed by atoms with E-state index in [2.05, 4.69) is 15.4 Å². The van der Waals surface area contributed by atoms with Crippen LogP contribution >= 0.6 is 0 Å². The molecule has 0 atom stereocenters.